The molecular weight excluding hydrogens is 334 g/mol. The van der Waals surface area contributed by atoms with Crippen LogP contribution >= 0.6 is 15.9 Å². The van der Waals surface area contributed by atoms with Crippen LogP contribution in [0.25, 0.3) is 0 Å². The summed E-state index contributed by atoms with van der Waals surface area (Å²) in [7, 11) is 0. The maximum absolute atomic E-state index is 10.4. The Morgan fingerprint density at radius 2 is 1.95 bits per heavy atom. The first kappa shape index (κ1) is 14.4. The Labute approximate surface area is 131 Å². The molecule has 1 aromatic carbocycles. The second kappa shape index (κ2) is 6.45. The van der Waals surface area contributed by atoms with Crippen molar-refractivity contribution in [3.8, 4) is 11.5 Å². The number of hydrogen-bond acceptors (Lipinski definition) is 4. The lowest BCUT2D eigenvalue weighted by molar-refractivity contribution is 0.176. The van der Waals surface area contributed by atoms with Crippen molar-refractivity contribution in [3.63, 3.8) is 0 Å². The number of nitrogens with zero attached hydrogens (tertiary/aromatic N) is 1. The van der Waals surface area contributed by atoms with Crippen LogP contribution in [0.5, 0.6) is 11.5 Å². The molecule has 0 saturated heterocycles. The van der Waals surface area contributed by atoms with Gasteiger partial charge in [0.2, 0.25) is 0 Å². The van der Waals surface area contributed by atoms with Crippen LogP contribution in [-0.4, -0.2) is 23.3 Å². The van der Waals surface area contributed by atoms with E-state index in [4.69, 9.17) is 9.47 Å². The highest BCUT2D eigenvalue weighted by molar-refractivity contribution is 9.10. The lowest BCUT2D eigenvalue weighted by atomic mass is 10.0. The summed E-state index contributed by atoms with van der Waals surface area (Å²) in [5.41, 5.74) is 1.65. The SMILES string of the molecule is OC(Cc1ccc(Br)cn1)c1ccc2c(c1)OCCCO2. The predicted molar refractivity (Wildman–Crippen MR) is 82.6 cm³/mol. The highest BCUT2D eigenvalue weighted by Crippen LogP contribution is 2.33. The summed E-state index contributed by atoms with van der Waals surface area (Å²) in [4.78, 5) is 4.28. The Bertz CT molecular complexity index is 615. The van der Waals surface area contributed by atoms with Crippen LogP contribution in [0.15, 0.2) is 41.0 Å². The molecule has 0 bridgehead atoms. The van der Waals surface area contributed by atoms with Gasteiger partial charge in [0.15, 0.2) is 11.5 Å². The highest BCUT2D eigenvalue weighted by atomic mass is 79.9. The van der Waals surface area contributed by atoms with E-state index in [2.05, 4.69) is 20.9 Å². The van der Waals surface area contributed by atoms with Crippen LogP contribution in [0, 0.1) is 0 Å². The standard InChI is InChI=1S/C16H16BrNO3/c17-12-3-4-13(18-10-12)9-14(19)11-2-5-15-16(8-11)21-7-1-6-20-15/h2-5,8,10,14,19H,1,6-7,9H2. The quantitative estimate of drug-likeness (QED) is 0.923. The van der Waals surface area contributed by atoms with E-state index in [9.17, 15) is 5.11 Å². The molecule has 0 spiro atoms. The van der Waals surface area contributed by atoms with E-state index in [1.807, 2.05) is 30.3 Å². The minimum Gasteiger partial charge on any atom is -0.490 e. The number of halogens is 1. The molecule has 1 atom stereocenters. The minimum absolute atomic E-state index is 0.465. The monoisotopic (exact) mass is 349 g/mol. The molecule has 3 rings (SSSR count). The topological polar surface area (TPSA) is 51.6 Å². The van der Waals surface area contributed by atoms with Crippen LogP contribution in [0.1, 0.15) is 23.8 Å². The fraction of sp³-hybridized carbons (Fsp3) is 0.312. The van der Waals surface area contributed by atoms with E-state index >= 15 is 0 Å². The zero-order valence-electron chi connectivity index (χ0n) is 11.5. The van der Waals surface area contributed by atoms with Gasteiger partial charge in [-0.25, -0.2) is 0 Å². The van der Waals surface area contributed by atoms with Crippen molar-refractivity contribution in [3.05, 3.63) is 52.3 Å². The lowest BCUT2D eigenvalue weighted by Gasteiger charge is -2.14. The molecule has 21 heavy (non-hydrogen) atoms. The van der Waals surface area contributed by atoms with Gasteiger partial charge in [-0.15, -0.1) is 0 Å². The van der Waals surface area contributed by atoms with E-state index in [0.29, 0.717) is 25.4 Å². The average Bonchev–Trinajstić information content (AvgIpc) is 2.74. The molecule has 0 amide bonds. The van der Waals surface area contributed by atoms with Crippen molar-refractivity contribution in [1.29, 1.82) is 0 Å². The van der Waals surface area contributed by atoms with Crippen molar-refractivity contribution in [1.82, 2.24) is 4.98 Å². The van der Waals surface area contributed by atoms with E-state index in [0.717, 1.165) is 27.9 Å². The summed E-state index contributed by atoms with van der Waals surface area (Å²) in [6.07, 6.45) is 2.45. The van der Waals surface area contributed by atoms with Crippen LogP contribution in [0.3, 0.4) is 0 Å². The normalized spacial score (nSPS) is 15.3. The Morgan fingerprint density at radius 1 is 1.14 bits per heavy atom. The number of aliphatic hydroxyl groups excluding tert-OH is 1. The second-order valence-corrected chi connectivity index (χ2v) is 5.86. The average molecular weight is 350 g/mol. The first-order valence-corrected chi connectivity index (χ1v) is 7.70. The number of aromatic nitrogens is 1. The van der Waals surface area contributed by atoms with Gasteiger partial charge >= 0.3 is 0 Å². The van der Waals surface area contributed by atoms with Crippen LogP contribution in [-0.2, 0) is 6.42 Å². The Balaban J connectivity index is 1.76. The number of benzene rings is 1. The van der Waals surface area contributed by atoms with Gasteiger partial charge in [-0.1, -0.05) is 6.07 Å². The fourth-order valence-corrected chi connectivity index (χ4v) is 2.46. The van der Waals surface area contributed by atoms with E-state index < -0.39 is 6.10 Å². The Morgan fingerprint density at radius 3 is 2.71 bits per heavy atom. The number of ether oxygens (including phenoxy) is 2. The molecular formula is C16H16BrNO3. The summed E-state index contributed by atoms with van der Waals surface area (Å²) in [6, 6.07) is 9.40. The number of rotatable bonds is 3. The Kier molecular flexibility index (Phi) is 4.41. The molecule has 1 aromatic heterocycles. The first-order valence-electron chi connectivity index (χ1n) is 6.90. The van der Waals surface area contributed by atoms with Crippen molar-refractivity contribution in [2.75, 3.05) is 13.2 Å². The van der Waals surface area contributed by atoms with E-state index in [1.54, 1.807) is 6.20 Å². The van der Waals surface area contributed by atoms with E-state index in [-0.39, 0.29) is 0 Å². The molecule has 0 fully saturated rings. The van der Waals surface area contributed by atoms with E-state index in [1.165, 1.54) is 0 Å². The van der Waals surface area contributed by atoms with Crippen molar-refractivity contribution < 1.29 is 14.6 Å². The molecule has 5 heteroatoms. The molecule has 4 nitrogen and oxygen atoms in total. The van der Waals surface area contributed by atoms with Gasteiger partial charge in [-0.3, -0.25) is 4.98 Å². The summed E-state index contributed by atoms with van der Waals surface area (Å²) >= 11 is 3.35. The highest BCUT2D eigenvalue weighted by Gasteiger charge is 2.15. The van der Waals surface area contributed by atoms with Gasteiger partial charge in [0, 0.05) is 29.2 Å². The molecule has 1 unspecified atom stereocenters. The summed E-state index contributed by atoms with van der Waals surface area (Å²) in [6.45, 7) is 1.30. The molecule has 0 radical (unpaired) electrons. The van der Waals surface area contributed by atoms with Gasteiger partial charge < -0.3 is 14.6 Å². The molecule has 1 aliphatic heterocycles. The summed E-state index contributed by atoms with van der Waals surface area (Å²) in [5.74, 6) is 1.44. The molecule has 110 valence electrons. The number of pyridine rings is 1. The maximum atomic E-state index is 10.4. The summed E-state index contributed by atoms with van der Waals surface area (Å²) < 4.78 is 12.2. The third-order valence-electron chi connectivity index (χ3n) is 3.35. The second-order valence-electron chi connectivity index (χ2n) is 4.94. The maximum Gasteiger partial charge on any atom is 0.161 e. The zero-order valence-corrected chi connectivity index (χ0v) is 13.0. The van der Waals surface area contributed by atoms with Crippen LogP contribution < -0.4 is 9.47 Å². The Hall–Kier alpha value is -1.59. The lowest BCUT2D eigenvalue weighted by Crippen LogP contribution is -2.04. The predicted octanol–water partition coefficient (Wildman–Crippen LogP) is 3.28. The third kappa shape index (κ3) is 3.54. The van der Waals surface area contributed by atoms with Crippen molar-refractivity contribution in [2.24, 2.45) is 0 Å². The number of hydrogen-bond donors (Lipinski definition) is 1. The smallest absolute Gasteiger partial charge is 0.161 e. The van der Waals surface area contributed by atoms with Gasteiger partial charge in [-0.2, -0.15) is 0 Å². The number of aliphatic hydroxyl groups is 1. The minimum atomic E-state index is -0.615. The van der Waals surface area contributed by atoms with Crippen molar-refractivity contribution in [2.45, 2.75) is 18.9 Å². The van der Waals surface area contributed by atoms with Crippen LogP contribution in [0.2, 0.25) is 0 Å². The molecule has 1 N–H and O–H groups in total. The molecule has 0 aliphatic carbocycles. The number of fused-ring (bicyclic) bond motifs is 1. The molecule has 0 saturated carbocycles. The molecule has 2 heterocycles. The largest absolute Gasteiger partial charge is 0.490 e. The van der Waals surface area contributed by atoms with Gasteiger partial charge in [0.25, 0.3) is 0 Å². The molecule has 1 aliphatic rings. The van der Waals surface area contributed by atoms with Gasteiger partial charge in [0.1, 0.15) is 0 Å². The van der Waals surface area contributed by atoms with Gasteiger partial charge in [0.05, 0.1) is 19.3 Å². The zero-order chi connectivity index (χ0) is 14.7. The van der Waals surface area contributed by atoms with Gasteiger partial charge in [-0.05, 0) is 45.8 Å². The summed E-state index contributed by atoms with van der Waals surface area (Å²) in [5, 5.41) is 10.4. The van der Waals surface area contributed by atoms with Crippen molar-refractivity contribution >= 4 is 15.9 Å². The first-order chi connectivity index (χ1) is 10.2. The fourth-order valence-electron chi connectivity index (χ4n) is 2.23. The third-order valence-corrected chi connectivity index (χ3v) is 3.82. The van der Waals surface area contributed by atoms with Crippen LogP contribution in [0.4, 0.5) is 0 Å². The molecule has 2 aromatic rings.